The van der Waals surface area contributed by atoms with E-state index in [0.717, 1.165) is 0 Å². The van der Waals surface area contributed by atoms with Crippen molar-refractivity contribution in [2.45, 2.75) is 0 Å². The van der Waals surface area contributed by atoms with E-state index in [1.54, 1.807) is 0 Å². The van der Waals surface area contributed by atoms with Gasteiger partial charge in [0.05, 0.1) is 23.7 Å². The van der Waals surface area contributed by atoms with Crippen molar-refractivity contribution in [3.8, 4) is 0 Å². The first-order valence-electron chi connectivity index (χ1n) is 0.309. The molecule has 0 aromatic rings. The van der Waals surface area contributed by atoms with Gasteiger partial charge in [-0.15, -0.1) is 0 Å². The lowest BCUT2D eigenvalue weighted by Gasteiger charge is -1.46. The SMILES string of the molecule is ClOCl.[Al].[Al]. The van der Waals surface area contributed by atoms with Crippen LogP contribution in [0.15, 0.2) is 0 Å². The van der Waals surface area contributed by atoms with E-state index in [2.05, 4.69) is 27.6 Å². The number of halogens is 2. The monoisotopic (exact) mass is 140 g/mol. The molecular formula is Al2Cl2O. The molecule has 0 fully saturated rings. The maximum absolute atomic E-state index is 4.26. The van der Waals surface area contributed by atoms with Gasteiger partial charge in [-0.3, -0.25) is 0 Å². The van der Waals surface area contributed by atoms with Gasteiger partial charge in [0.25, 0.3) is 0 Å². The summed E-state index contributed by atoms with van der Waals surface area (Å²) in [6, 6.07) is 0. The molecule has 0 saturated carbocycles. The normalized spacial score (nSPS) is 3.60. The first-order chi connectivity index (χ1) is 1.41. The van der Waals surface area contributed by atoms with Crippen LogP contribution in [0.3, 0.4) is 0 Å². The summed E-state index contributed by atoms with van der Waals surface area (Å²) < 4.78 is 3.19. The Morgan fingerprint density at radius 1 is 1.00 bits per heavy atom. The fourth-order valence-corrected chi connectivity index (χ4v) is 0. The fourth-order valence-electron chi connectivity index (χ4n) is 0. The van der Waals surface area contributed by atoms with Gasteiger partial charge in [0.1, 0.15) is 0 Å². The topological polar surface area (TPSA) is 9.23 Å². The van der Waals surface area contributed by atoms with Gasteiger partial charge in [-0.05, 0) is 0 Å². The van der Waals surface area contributed by atoms with E-state index < -0.39 is 0 Å². The van der Waals surface area contributed by atoms with Crippen molar-refractivity contribution in [2.24, 2.45) is 0 Å². The van der Waals surface area contributed by atoms with E-state index in [1.807, 2.05) is 0 Å². The van der Waals surface area contributed by atoms with Crippen LogP contribution in [0, 0.1) is 0 Å². The predicted molar refractivity (Wildman–Crippen MR) is 24.3 cm³/mol. The van der Waals surface area contributed by atoms with Crippen molar-refractivity contribution < 1.29 is 3.84 Å². The molecule has 0 bridgehead atoms. The number of rotatable bonds is 0. The Morgan fingerprint density at radius 3 is 1.00 bits per heavy atom. The average Bonchev–Trinajstić information content (AvgIpc) is 0.918. The zero-order valence-corrected chi connectivity index (χ0v) is 6.14. The molecule has 0 rings (SSSR count). The molecule has 0 amide bonds. The quantitative estimate of drug-likeness (QED) is 0.447. The van der Waals surface area contributed by atoms with Crippen molar-refractivity contribution in [1.29, 1.82) is 0 Å². The molecule has 0 spiro atoms. The molecule has 1 nitrogen and oxygen atoms in total. The lowest BCUT2D eigenvalue weighted by Crippen LogP contribution is -1.15. The van der Waals surface area contributed by atoms with E-state index in [9.17, 15) is 0 Å². The van der Waals surface area contributed by atoms with Crippen LogP contribution < -0.4 is 0 Å². The zero-order valence-electron chi connectivity index (χ0n) is 2.32. The maximum Gasteiger partial charge on any atom is 0.0832 e. The second kappa shape index (κ2) is 17.5. The Kier molecular flexibility index (Phi) is 55.9. The third-order valence-electron chi connectivity index (χ3n) is 0. The van der Waals surface area contributed by atoms with E-state index in [-0.39, 0.29) is 34.7 Å². The third kappa shape index (κ3) is 28.3. The molecule has 0 atom stereocenters. The fraction of sp³-hybridized carbons (Fsp3) is 0. The molecule has 5 heavy (non-hydrogen) atoms. The lowest BCUT2D eigenvalue weighted by atomic mass is 15.9. The predicted octanol–water partition coefficient (Wildman–Crippen LogP) is 0.549. The van der Waals surface area contributed by atoms with Crippen LogP contribution in [0.4, 0.5) is 0 Å². The Bertz CT molecular complexity index is 7.61. The van der Waals surface area contributed by atoms with Crippen molar-refractivity contribution in [2.75, 3.05) is 0 Å². The third-order valence-corrected chi connectivity index (χ3v) is 0. The van der Waals surface area contributed by atoms with Gasteiger partial charge in [0.2, 0.25) is 0 Å². The summed E-state index contributed by atoms with van der Waals surface area (Å²) in [5.74, 6) is 0. The molecule has 5 heteroatoms. The molecule has 0 heterocycles. The summed E-state index contributed by atoms with van der Waals surface area (Å²) in [7, 11) is 0. The zero-order chi connectivity index (χ0) is 2.71. The summed E-state index contributed by atoms with van der Waals surface area (Å²) in [4.78, 5) is 0. The standard InChI is InChI=1S/2Al.Cl2O/c;;1-3-2. The summed E-state index contributed by atoms with van der Waals surface area (Å²) in [5.41, 5.74) is 0. The first-order valence-corrected chi connectivity index (χ1v) is 0.926. The van der Waals surface area contributed by atoms with E-state index >= 15 is 0 Å². The highest BCUT2D eigenvalue weighted by Gasteiger charge is 1.38. The highest BCUT2D eigenvalue weighted by molar-refractivity contribution is 6.24. The van der Waals surface area contributed by atoms with Crippen molar-refractivity contribution in [3.63, 3.8) is 0 Å². The molecule has 0 saturated heterocycles. The Labute approximate surface area is 62.2 Å². The Balaban J connectivity index is -0.0000000200. The van der Waals surface area contributed by atoms with Gasteiger partial charge in [0.15, 0.2) is 0 Å². The maximum atomic E-state index is 4.26. The van der Waals surface area contributed by atoms with Crippen LogP contribution in [0.5, 0.6) is 0 Å². The van der Waals surface area contributed by atoms with Crippen molar-refractivity contribution in [1.82, 2.24) is 0 Å². The molecule has 6 radical (unpaired) electrons. The highest BCUT2D eigenvalue weighted by Crippen LogP contribution is 1.78. The van der Waals surface area contributed by atoms with E-state index in [4.69, 9.17) is 0 Å². The van der Waals surface area contributed by atoms with Crippen LogP contribution in [0.1, 0.15) is 0 Å². The van der Waals surface area contributed by atoms with Gasteiger partial charge >= 0.3 is 0 Å². The first kappa shape index (κ1) is 16.0. The van der Waals surface area contributed by atoms with E-state index in [1.165, 1.54) is 0 Å². The Morgan fingerprint density at radius 2 is 1.00 bits per heavy atom. The number of hydrogen-bond acceptors (Lipinski definition) is 1. The minimum Gasteiger partial charge on any atom is -0.166 e. The van der Waals surface area contributed by atoms with Crippen LogP contribution in [-0.2, 0) is 3.84 Å². The summed E-state index contributed by atoms with van der Waals surface area (Å²) in [6.07, 6.45) is 0. The van der Waals surface area contributed by atoms with E-state index in [0.29, 0.717) is 0 Å². The van der Waals surface area contributed by atoms with Crippen molar-refractivity contribution >= 4 is 58.5 Å². The summed E-state index contributed by atoms with van der Waals surface area (Å²) >= 11 is 8.53. The number of hydrogen-bond donors (Lipinski definition) is 0. The van der Waals surface area contributed by atoms with Gasteiger partial charge in [-0.2, -0.15) is 3.84 Å². The average molecular weight is 141 g/mol. The summed E-state index contributed by atoms with van der Waals surface area (Å²) in [6.45, 7) is 0. The Hall–Kier alpha value is 1.60. The van der Waals surface area contributed by atoms with Gasteiger partial charge in [-0.25, -0.2) is 0 Å². The van der Waals surface area contributed by atoms with Gasteiger partial charge in [-0.1, -0.05) is 0 Å². The largest absolute Gasteiger partial charge is 0.166 e. The molecule has 0 N–H and O–H groups in total. The molecule has 0 aliphatic heterocycles. The van der Waals surface area contributed by atoms with Crippen LogP contribution >= 0.6 is 23.7 Å². The molecule has 0 aliphatic rings. The molecule has 0 aromatic heterocycles. The molecule has 26 valence electrons. The van der Waals surface area contributed by atoms with Crippen LogP contribution in [0.25, 0.3) is 0 Å². The minimum absolute atomic E-state index is 0. The minimum atomic E-state index is 0. The molecule has 0 unspecified atom stereocenters. The lowest BCUT2D eigenvalue weighted by molar-refractivity contribution is 0.697. The van der Waals surface area contributed by atoms with Crippen LogP contribution in [0.2, 0.25) is 0 Å². The smallest absolute Gasteiger partial charge is 0.0832 e. The summed E-state index contributed by atoms with van der Waals surface area (Å²) in [5, 5.41) is 0. The van der Waals surface area contributed by atoms with Gasteiger partial charge in [0, 0.05) is 34.7 Å². The second-order valence-corrected chi connectivity index (χ2v) is 0.525. The van der Waals surface area contributed by atoms with Gasteiger partial charge < -0.3 is 0 Å². The second-order valence-electron chi connectivity index (χ2n) is 0.0583. The van der Waals surface area contributed by atoms with Crippen LogP contribution in [-0.4, -0.2) is 34.7 Å². The molecular weight excluding hydrogens is 141 g/mol. The van der Waals surface area contributed by atoms with Crippen molar-refractivity contribution in [3.05, 3.63) is 0 Å². The molecule has 0 aromatic carbocycles. The molecule has 0 aliphatic carbocycles. The highest BCUT2D eigenvalue weighted by atomic mass is 35.6.